The molecular weight excluding hydrogens is 291 g/mol. The Labute approximate surface area is 126 Å². The lowest BCUT2D eigenvalue weighted by molar-refractivity contribution is -0.159. The molecule has 0 spiro atoms. The van der Waals surface area contributed by atoms with Crippen LogP contribution in [0.4, 0.5) is 4.39 Å². The van der Waals surface area contributed by atoms with E-state index in [0.29, 0.717) is 5.92 Å². The Morgan fingerprint density at radius 1 is 1.14 bits per heavy atom. The molecular formula is C15H17FN2O4. The van der Waals surface area contributed by atoms with Gasteiger partial charge in [-0.15, -0.1) is 0 Å². The summed E-state index contributed by atoms with van der Waals surface area (Å²) in [5.41, 5.74) is 2.31. The van der Waals surface area contributed by atoms with Gasteiger partial charge in [-0.05, 0) is 55.6 Å². The Morgan fingerprint density at radius 3 is 2.36 bits per heavy atom. The minimum absolute atomic E-state index is 0.151. The summed E-state index contributed by atoms with van der Waals surface area (Å²) in [7, 11) is 0. The first kappa shape index (κ1) is 16.0. The number of carbonyl (C=O) groups is 2. The summed E-state index contributed by atoms with van der Waals surface area (Å²) in [6.45, 7) is 2.12. The molecule has 1 fully saturated rings. The molecule has 1 aromatic carbocycles. The Kier molecular flexibility index (Phi) is 5.11. The highest BCUT2D eigenvalue weighted by Crippen LogP contribution is 2.31. The number of carboxylic acids is 2. The number of H-pyrrole nitrogens is 1. The topological polar surface area (TPSA) is 102 Å². The first-order valence-electron chi connectivity index (χ1n) is 6.92. The van der Waals surface area contributed by atoms with Crippen molar-refractivity contribution in [1.29, 1.82) is 0 Å². The molecule has 2 aromatic rings. The zero-order chi connectivity index (χ0) is 16.1. The zero-order valence-electron chi connectivity index (χ0n) is 11.8. The van der Waals surface area contributed by atoms with Crippen LogP contribution < -0.4 is 5.32 Å². The lowest BCUT2D eigenvalue weighted by atomic mass is 9.90. The van der Waals surface area contributed by atoms with E-state index >= 15 is 0 Å². The minimum atomic E-state index is -1.82. The number of aromatic nitrogens is 1. The van der Waals surface area contributed by atoms with Gasteiger partial charge >= 0.3 is 11.9 Å². The summed E-state index contributed by atoms with van der Waals surface area (Å²) in [5, 5.41) is 19.2. The number of hydrogen-bond acceptors (Lipinski definition) is 3. The molecule has 4 N–H and O–H groups in total. The third kappa shape index (κ3) is 3.82. The average Bonchev–Trinajstić information content (AvgIpc) is 2.91. The molecule has 7 heteroatoms. The predicted molar refractivity (Wildman–Crippen MR) is 78.4 cm³/mol. The van der Waals surface area contributed by atoms with Gasteiger partial charge in [0.1, 0.15) is 5.82 Å². The van der Waals surface area contributed by atoms with Crippen LogP contribution in [-0.2, 0) is 9.59 Å². The maximum Gasteiger partial charge on any atom is 0.414 e. The highest BCUT2D eigenvalue weighted by atomic mass is 19.1. The summed E-state index contributed by atoms with van der Waals surface area (Å²) < 4.78 is 13.2. The van der Waals surface area contributed by atoms with Crippen LogP contribution in [0, 0.1) is 5.82 Å². The fourth-order valence-electron chi connectivity index (χ4n) is 2.59. The summed E-state index contributed by atoms with van der Waals surface area (Å²) in [4.78, 5) is 21.4. The Bertz CT molecular complexity index is 665. The predicted octanol–water partition coefficient (Wildman–Crippen LogP) is 1.93. The third-order valence-electron chi connectivity index (χ3n) is 3.64. The highest BCUT2D eigenvalue weighted by Gasteiger charge is 2.18. The van der Waals surface area contributed by atoms with Gasteiger partial charge in [-0.25, -0.2) is 14.0 Å². The van der Waals surface area contributed by atoms with Crippen molar-refractivity contribution in [2.24, 2.45) is 0 Å². The van der Waals surface area contributed by atoms with Crippen molar-refractivity contribution in [3.8, 4) is 0 Å². The van der Waals surface area contributed by atoms with Crippen molar-refractivity contribution in [2.75, 3.05) is 13.1 Å². The zero-order valence-corrected chi connectivity index (χ0v) is 11.8. The molecule has 6 nitrogen and oxygen atoms in total. The van der Waals surface area contributed by atoms with Crippen LogP contribution in [0.3, 0.4) is 0 Å². The molecule has 1 aliphatic heterocycles. The van der Waals surface area contributed by atoms with E-state index in [-0.39, 0.29) is 5.82 Å². The van der Waals surface area contributed by atoms with E-state index in [2.05, 4.69) is 10.3 Å². The van der Waals surface area contributed by atoms with Crippen molar-refractivity contribution < 1.29 is 24.2 Å². The second-order valence-electron chi connectivity index (χ2n) is 5.07. The van der Waals surface area contributed by atoms with E-state index in [0.717, 1.165) is 36.8 Å². The maximum absolute atomic E-state index is 13.2. The first-order valence-corrected chi connectivity index (χ1v) is 6.92. The Morgan fingerprint density at radius 2 is 1.77 bits per heavy atom. The van der Waals surface area contributed by atoms with E-state index in [4.69, 9.17) is 19.8 Å². The van der Waals surface area contributed by atoms with Crippen molar-refractivity contribution in [3.63, 3.8) is 0 Å². The van der Waals surface area contributed by atoms with Crippen LogP contribution in [0.25, 0.3) is 10.9 Å². The fourth-order valence-corrected chi connectivity index (χ4v) is 2.59. The normalized spacial score (nSPS) is 15.1. The first-order chi connectivity index (χ1) is 10.5. The molecule has 22 heavy (non-hydrogen) atoms. The van der Waals surface area contributed by atoms with Gasteiger partial charge in [-0.3, -0.25) is 0 Å². The lowest BCUT2D eigenvalue weighted by Gasteiger charge is -2.22. The monoisotopic (exact) mass is 308 g/mol. The number of benzene rings is 1. The number of rotatable bonds is 1. The van der Waals surface area contributed by atoms with Crippen molar-refractivity contribution >= 4 is 22.8 Å². The standard InChI is InChI=1S/C13H15FN2.C2H2O4/c14-10-1-2-13-11(7-10)12(8-16-13)9-3-5-15-6-4-9;3-1(4)2(5)6/h1-2,7-9,15-16H,3-6H2;(H,3,4)(H,5,6). The number of aliphatic carboxylic acids is 2. The van der Waals surface area contributed by atoms with Crippen LogP contribution >= 0.6 is 0 Å². The van der Waals surface area contributed by atoms with Gasteiger partial charge in [0.2, 0.25) is 0 Å². The molecule has 0 unspecified atom stereocenters. The van der Waals surface area contributed by atoms with Crippen LogP contribution in [-0.4, -0.2) is 40.2 Å². The van der Waals surface area contributed by atoms with Crippen molar-refractivity contribution in [2.45, 2.75) is 18.8 Å². The van der Waals surface area contributed by atoms with E-state index < -0.39 is 11.9 Å². The fraction of sp³-hybridized carbons (Fsp3) is 0.333. The molecule has 0 amide bonds. The van der Waals surface area contributed by atoms with E-state index in [1.54, 1.807) is 6.07 Å². The van der Waals surface area contributed by atoms with Gasteiger partial charge in [0.25, 0.3) is 0 Å². The summed E-state index contributed by atoms with van der Waals surface area (Å²) >= 11 is 0. The summed E-state index contributed by atoms with van der Waals surface area (Å²) in [5.74, 6) is -3.23. The molecule has 0 bridgehead atoms. The number of carboxylic acid groups (broad SMARTS) is 2. The average molecular weight is 308 g/mol. The molecule has 0 aliphatic carbocycles. The molecule has 1 aliphatic rings. The third-order valence-corrected chi connectivity index (χ3v) is 3.64. The van der Waals surface area contributed by atoms with Crippen LogP contribution in [0.15, 0.2) is 24.4 Å². The number of piperidine rings is 1. The highest BCUT2D eigenvalue weighted by molar-refractivity contribution is 6.27. The van der Waals surface area contributed by atoms with Crippen LogP contribution in [0.1, 0.15) is 24.3 Å². The Balaban J connectivity index is 0.000000254. The lowest BCUT2D eigenvalue weighted by Crippen LogP contribution is -2.26. The number of halogens is 1. The van der Waals surface area contributed by atoms with E-state index in [9.17, 15) is 4.39 Å². The second kappa shape index (κ2) is 7.04. The molecule has 0 radical (unpaired) electrons. The van der Waals surface area contributed by atoms with Gasteiger partial charge in [0, 0.05) is 17.1 Å². The van der Waals surface area contributed by atoms with Gasteiger partial charge < -0.3 is 20.5 Å². The van der Waals surface area contributed by atoms with Crippen molar-refractivity contribution in [3.05, 3.63) is 35.8 Å². The van der Waals surface area contributed by atoms with Gasteiger partial charge in [-0.1, -0.05) is 0 Å². The van der Waals surface area contributed by atoms with Gasteiger partial charge in [0.05, 0.1) is 0 Å². The molecule has 2 heterocycles. The largest absolute Gasteiger partial charge is 0.473 e. The van der Waals surface area contributed by atoms with E-state index in [1.165, 1.54) is 11.6 Å². The number of hydrogen-bond donors (Lipinski definition) is 4. The van der Waals surface area contributed by atoms with E-state index in [1.807, 2.05) is 12.3 Å². The van der Waals surface area contributed by atoms with Gasteiger partial charge in [-0.2, -0.15) is 0 Å². The molecule has 3 rings (SSSR count). The number of fused-ring (bicyclic) bond motifs is 1. The van der Waals surface area contributed by atoms with Crippen LogP contribution in [0.5, 0.6) is 0 Å². The molecule has 1 saturated heterocycles. The summed E-state index contributed by atoms with van der Waals surface area (Å²) in [6, 6.07) is 4.96. The minimum Gasteiger partial charge on any atom is -0.473 e. The Hall–Kier alpha value is -2.41. The maximum atomic E-state index is 13.2. The number of aromatic amines is 1. The second-order valence-corrected chi connectivity index (χ2v) is 5.07. The molecule has 1 aromatic heterocycles. The smallest absolute Gasteiger partial charge is 0.414 e. The quantitative estimate of drug-likeness (QED) is 0.603. The summed E-state index contributed by atoms with van der Waals surface area (Å²) in [6.07, 6.45) is 4.33. The van der Waals surface area contributed by atoms with Crippen LogP contribution in [0.2, 0.25) is 0 Å². The van der Waals surface area contributed by atoms with Gasteiger partial charge in [0.15, 0.2) is 0 Å². The molecule has 0 saturated carbocycles. The van der Waals surface area contributed by atoms with Crippen molar-refractivity contribution in [1.82, 2.24) is 10.3 Å². The SMILES string of the molecule is Fc1ccc2[nH]cc(C3CCNCC3)c2c1.O=C(O)C(=O)O. The number of nitrogens with one attached hydrogen (secondary N) is 2. The molecule has 118 valence electrons. The molecule has 0 atom stereocenters.